The van der Waals surface area contributed by atoms with Gasteiger partial charge in [-0.3, -0.25) is 9.48 Å². The van der Waals surface area contributed by atoms with Gasteiger partial charge in [0.05, 0.1) is 24.3 Å². The number of ketones is 1. The van der Waals surface area contributed by atoms with Gasteiger partial charge >= 0.3 is 0 Å². The average molecular weight is 237 g/mol. The predicted octanol–water partition coefficient (Wildman–Crippen LogP) is 0.217. The molecule has 17 heavy (non-hydrogen) atoms. The van der Waals surface area contributed by atoms with Crippen LogP contribution >= 0.6 is 0 Å². The van der Waals surface area contributed by atoms with E-state index in [0.717, 1.165) is 24.4 Å². The molecule has 2 atom stereocenters. The Morgan fingerprint density at radius 1 is 1.71 bits per heavy atom. The van der Waals surface area contributed by atoms with Crippen molar-refractivity contribution < 1.29 is 9.53 Å². The zero-order valence-electron chi connectivity index (χ0n) is 10.6. The van der Waals surface area contributed by atoms with Crippen LogP contribution in [0.15, 0.2) is 6.07 Å². The normalized spacial score (nSPS) is 24.2. The third-order valence-electron chi connectivity index (χ3n) is 3.27. The van der Waals surface area contributed by atoms with Gasteiger partial charge in [-0.05, 0) is 19.4 Å². The number of aromatic nitrogens is 2. The minimum absolute atomic E-state index is 0.0739. The third-order valence-corrected chi connectivity index (χ3v) is 3.27. The molecule has 0 amide bonds. The summed E-state index contributed by atoms with van der Waals surface area (Å²) in [5, 5.41) is 7.44. The van der Waals surface area contributed by atoms with Crippen molar-refractivity contribution in [1.82, 2.24) is 15.1 Å². The largest absolute Gasteiger partial charge is 0.380 e. The summed E-state index contributed by atoms with van der Waals surface area (Å²) in [7, 11) is 3.55. The van der Waals surface area contributed by atoms with E-state index >= 15 is 0 Å². The van der Waals surface area contributed by atoms with Crippen LogP contribution in [0.4, 0.5) is 0 Å². The summed E-state index contributed by atoms with van der Waals surface area (Å²) in [4.78, 5) is 12.1. The van der Waals surface area contributed by atoms with Gasteiger partial charge in [0.15, 0.2) is 5.78 Å². The molecule has 2 heterocycles. The van der Waals surface area contributed by atoms with E-state index in [2.05, 4.69) is 10.4 Å². The van der Waals surface area contributed by atoms with Gasteiger partial charge in [-0.15, -0.1) is 0 Å². The van der Waals surface area contributed by atoms with Gasteiger partial charge in [-0.2, -0.15) is 5.10 Å². The lowest BCUT2D eigenvalue weighted by molar-refractivity contribution is -0.120. The molecule has 1 aromatic heterocycles. The summed E-state index contributed by atoms with van der Waals surface area (Å²) in [6.45, 7) is 2.69. The maximum atomic E-state index is 12.1. The Bertz CT molecular complexity index is 414. The Hall–Kier alpha value is -1.20. The lowest BCUT2D eigenvalue weighted by Crippen LogP contribution is -2.32. The van der Waals surface area contributed by atoms with Gasteiger partial charge in [-0.1, -0.05) is 0 Å². The molecule has 1 N–H and O–H groups in total. The minimum Gasteiger partial charge on any atom is -0.380 e. The first kappa shape index (κ1) is 12.3. The Balaban J connectivity index is 1.96. The number of hydrogen-bond acceptors (Lipinski definition) is 4. The van der Waals surface area contributed by atoms with Crippen LogP contribution in [0.1, 0.15) is 17.8 Å². The highest BCUT2D eigenvalue weighted by Crippen LogP contribution is 2.13. The number of carbonyl (C=O) groups is 1. The van der Waals surface area contributed by atoms with Gasteiger partial charge < -0.3 is 10.1 Å². The molecule has 1 fully saturated rings. The smallest absolute Gasteiger partial charge is 0.155 e. The van der Waals surface area contributed by atoms with Crippen LogP contribution in [0.2, 0.25) is 0 Å². The zero-order chi connectivity index (χ0) is 12.4. The molecule has 1 saturated heterocycles. The van der Waals surface area contributed by atoms with Gasteiger partial charge in [0.2, 0.25) is 0 Å². The lowest BCUT2D eigenvalue weighted by atomic mass is 10.1. The van der Waals surface area contributed by atoms with Gasteiger partial charge in [-0.25, -0.2) is 0 Å². The van der Waals surface area contributed by atoms with Crippen LogP contribution < -0.4 is 5.32 Å². The van der Waals surface area contributed by atoms with Crippen molar-refractivity contribution in [2.24, 2.45) is 7.05 Å². The second-order valence-corrected chi connectivity index (χ2v) is 4.60. The number of rotatable bonds is 4. The lowest BCUT2D eigenvalue weighted by Gasteiger charge is -2.09. The number of hydrogen-bond donors (Lipinski definition) is 1. The predicted molar refractivity (Wildman–Crippen MR) is 63.9 cm³/mol. The van der Waals surface area contributed by atoms with E-state index in [4.69, 9.17) is 4.74 Å². The molecule has 1 aliphatic rings. The number of methoxy groups -OCH3 is 1. The van der Waals surface area contributed by atoms with E-state index in [1.807, 2.05) is 20.0 Å². The van der Waals surface area contributed by atoms with Crippen molar-refractivity contribution in [1.29, 1.82) is 0 Å². The molecule has 2 rings (SSSR count). The monoisotopic (exact) mass is 237 g/mol. The summed E-state index contributed by atoms with van der Waals surface area (Å²) in [5.41, 5.74) is 1.92. The van der Waals surface area contributed by atoms with E-state index < -0.39 is 0 Å². The zero-order valence-corrected chi connectivity index (χ0v) is 10.6. The Morgan fingerprint density at radius 3 is 3.00 bits per heavy atom. The van der Waals surface area contributed by atoms with E-state index in [-0.39, 0.29) is 17.9 Å². The molecule has 0 radical (unpaired) electrons. The molecule has 0 aromatic carbocycles. The Morgan fingerprint density at radius 2 is 2.47 bits per heavy atom. The molecule has 0 spiro atoms. The van der Waals surface area contributed by atoms with Gasteiger partial charge in [0, 0.05) is 26.4 Å². The first-order chi connectivity index (χ1) is 8.10. The van der Waals surface area contributed by atoms with Crippen molar-refractivity contribution >= 4 is 5.78 Å². The summed E-state index contributed by atoms with van der Waals surface area (Å²) in [6.07, 6.45) is 1.37. The number of carbonyl (C=O) groups excluding carboxylic acids is 1. The molecule has 1 aliphatic heterocycles. The van der Waals surface area contributed by atoms with Crippen molar-refractivity contribution in [3.63, 3.8) is 0 Å². The average Bonchev–Trinajstić information content (AvgIpc) is 2.86. The quantitative estimate of drug-likeness (QED) is 0.813. The van der Waals surface area contributed by atoms with Gasteiger partial charge in [0.1, 0.15) is 0 Å². The molecule has 0 saturated carbocycles. The van der Waals surface area contributed by atoms with Crippen molar-refractivity contribution in [3.8, 4) is 0 Å². The summed E-state index contributed by atoms with van der Waals surface area (Å²) in [6, 6.07) is 1.89. The first-order valence-electron chi connectivity index (χ1n) is 5.88. The maximum Gasteiger partial charge on any atom is 0.155 e. The molecule has 94 valence electrons. The Labute approximate surface area is 101 Å². The molecule has 0 bridgehead atoms. The van der Waals surface area contributed by atoms with E-state index in [1.165, 1.54) is 0 Å². The van der Waals surface area contributed by atoms with Crippen molar-refractivity contribution in [2.75, 3.05) is 13.7 Å². The highest BCUT2D eigenvalue weighted by molar-refractivity contribution is 5.86. The van der Waals surface area contributed by atoms with Crippen LogP contribution in [-0.4, -0.2) is 41.4 Å². The topological polar surface area (TPSA) is 56.1 Å². The molecular formula is C12H19N3O2. The minimum atomic E-state index is -0.0739. The maximum absolute atomic E-state index is 12.1. The van der Waals surface area contributed by atoms with E-state index in [1.54, 1.807) is 11.8 Å². The molecule has 1 aromatic rings. The summed E-state index contributed by atoms with van der Waals surface area (Å²) in [5.74, 6) is 0.215. The number of ether oxygens (including phenoxy) is 1. The van der Waals surface area contributed by atoms with Gasteiger partial charge in [0.25, 0.3) is 0 Å². The summed E-state index contributed by atoms with van der Waals surface area (Å²) >= 11 is 0. The molecule has 5 nitrogen and oxygen atoms in total. The van der Waals surface area contributed by atoms with Crippen molar-refractivity contribution in [2.45, 2.75) is 31.9 Å². The molecular weight excluding hydrogens is 218 g/mol. The molecule has 0 aliphatic carbocycles. The fourth-order valence-corrected chi connectivity index (χ4v) is 2.26. The Kier molecular flexibility index (Phi) is 3.59. The second-order valence-electron chi connectivity index (χ2n) is 4.60. The highest BCUT2D eigenvalue weighted by Gasteiger charge is 2.29. The van der Waals surface area contributed by atoms with Crippen molar-refractivity contribution in [3.05, 3.63) is 17.5 Å². The third kappa shape index (κ3) is 2.73. The number of aryl methyl sites for hydroxylation is 2. The fraction of sp³-hybridized carbons (Fsp3) is 0.667. The number of nitrogens with zero attached hydrogens (tertiary/aromatic N) is 2. The van der Waals surface area contributed by atoms with E-state index in [0.29, 0.717) is 6.42 Å². The second kappa shape index (κ2) is 4.98. The fourth-order valence-electron chi connectivity index (χ4n) is 2.26. The van der Waals surface area contributed by atoms with Crippen LogP contribution in [-0.2, 0) is 23.0 Å². The SMILES string of the molecule is COC1CNC(C(=O)Cc2cc(C)nn2C)C1. The summed E-state index contributed by atoms with van der Waals surface area (Å²) < 4.78 is 7.01. The van der Waals surface area contributed by atoms with Crippen LogP contribution in [0.5, 0.6) is 0 Å². The van der Waals surface area contributed by atoms with Crippen LogP contribution in [0.25, 0.3) is 0 Å². The van der Waals surface area contributed by atoms with Crippen LogP contribution in [0, 0.1) is 6.92 Å². The number of Topliss-reactive ketones (excluding diaryl/α,β-unsaturated/α-hetero) is 1. The van der Waals surface area contributed by atoms with Crippen LogP contribution in [0.3, 0.4) is 0 Å². The highest BCUT2D eigenvalue weighted by atomic mass is 16.5. The first-order valence-corrected chi connectivity index (χ1v) is 5.88. The molecule has 5 heteroatoms. The molecule has 2 unspecified atom stereocenters. The number of nitrogens with one attached hydrogen (secondary N) is 1. The van der Waals surface area contributed by atoms with E-state index in [9.17, 15) is 4.79 Å². The standard InChI is InChI=1S/C12H19N3O2/c1-8-4-9(15(2)14-8)5-12(16)11-6-10(17-3)7-13-11/h4,10-11,13H,5-7H2,1-3H3.